The molecule has 0 radical (unpaired) electrons. The molecule has 0 unspecified atom stereocenters. The summed E-state index contributed by atoms with van der Waals surface area (Å²) in [7, 11) is 0. The van der Waals surface area contributed by atoms with E-state index >= 15 is 0 Å². The van der Waals surface area contributed by atoms with Crippen molar-refractivity contribution in [2.24, 2.45) is 0 Å². The summed E-state index contributed by atoms with van der Waals surface area (Å²) >= 11 is 6.54. The Kier molecular flexibility index (Phi) is 8.01. The molecule has 24 heavy (non-hydrogen) atoms. The van der Waals surface area contributed by atoms with E-state index in [4.69, 9.17) is 4.74 Å². The Morgan fingerprint density at radius 3 is 3.00 bits per heavy atom. The van der Waals surface area contributed by atoms with Crippen molar-refractivity contribution in [3.8, 4) is 5.75 Å². The van der Waals surface area contributed by atoms with Gasteiger partial charge >= 0.3 is 0 Å². The number of thioether (sulfide) groups is 1. The van der Waals surface area contributed by atoms with Crippen LogP contribution in [-0.4, -0.2) is 28.5 Å². The highest BCUT2D eigenvalue weighted by Crippen LogP contribution is 2.27. The number of halogens is 1. The van der Waals surface area contributed by atoms with Gasteiger partial charge in [0.25, 0.3) is 0 Å². The second-order valence-electron chi connectivity index (χ2n) is 5.16. The van der Waals surface area contributed by atoms with E-state index in [9.17, 15) is 4.79 Å². The van der Waals surface area contributed by atoms with Gasteiger partial charge in [0.15, 0.2) is 4.34 Å². The summed E-state index contributed by atoms with van der Waals surface area (Å²) in [5.74, 6) is 1.74. The van der Waals surface area contributed by atoms with Crippen LogP contribution in [-0.2, 0) is 4.79 Å². The number of ether oxygens (including phenoxy) is 1. The van der Waals surface area contributed by atoms with Crippen LogP contribution in [0, 0.1) is 6.92 Å². The average molecular weight is 430 g/mol. The molecular weight excluding hydrogens is 410 g/mol. The first-order valence-electron chi connectivity index (χ1n) is 7.73. The van der Waals surface area contributed by atoms with Crippen LogP contribution < -0.4 is 10.1 Å². The van der Waals surface area contributed by atoms with Crippen LogP contribution in [0.25, 0.3) is 0 Å². The third-order valence-corrected chi connectivity index (χ3v) is 5.77. The van der Waals surface area contributed by atoms with Gasteiger partial charge in [0, 0.05) is 12.2 Å². The first-order valence-corrected chi connectivity index (χ1v) is 10.3. The zero-order valence-electron chi connectivity index (χ0n) is 13.7. The number of anilines is 1. The van der Waals surface area contributed by atoms with E-state index in [1.807, 2.05) is 25.1 Å². The van der Waals surface area contributed by atoms with Gasteiger partial charge in [-0.15, -0.1) is 10.2 Å². The normalized spacial score (nSPS) is 10.6. The minimum atomic E-state index is -0.0650. The van der Waals surface area contributed by atoms with Crippen LogP contribution >= 0.6 is 39.0 Å². The summed E-state index contributed by atoms with van der Waals surface area (Å²) in [4.78, 5) is 11.9. The molecule has 2 rings (SSSR count). The highest BCUT2D eigenvalue weighted by atomic mass is 79.9. The van der Waals surface area contributed by atoms with Gasteiger partial charge in [0.05, 0.1) is 11.1 Å². The van der Waals surface area contributed by atoms with Crippen LogP contribution in [0.5, 0.6) is 5.75 Å². The molecule has 130 valence electrons. The van der Waals surface area contributed by atoms with Crippen LogP contribution in [0.4, 0.5) is 5.13 Å². The zero-order chi connectivity index (χ0) is 17.4. The van der Waals surface area contributed by atoms with Crippen molar-refractivity contribution in [1.29, 1.82) is 0 Å². The standard InChI is InChI=1S/C16H20BrN3O2S2/c1-3-9-23-16-20-19-15(24-16)18-14(21)5-4-8-22-13-7-6-11(2)10-12(13)17/h6-7,10H,3-5,8-9H2,1-2H3,(H,18,19,21). The smallest absolute Gasteiger partial charge is 0.226 e. The van der Waals surface area contributed by atoms with Gasteiger partial charge in [-0.3, -0.25) is 4.79 Å². The highest BCUT2D eigenvalue weighted by molar-refractivity contribution is 9.10. The summed E-state index contributed by atoms with van der Waals surface area (Å²) in [6.45, 7) is 4.63. The topological polar surface area (TPSA) is 64.1 Å². The van der Waals surface area contributed by atoms with Gasteiger partial charge in [-0.05, 0) is 53.4 Å². The maximum atomic E-state index is 11.9. The van der Waals surface area contributed by atoms with Crippen LogP contribution in [0.2, 0.25) is 0 Å². The molecule has 0 atom stereocenters. The van der Waals surface area contributed by atoms with Crippen LogP contribution in [0.3, 0.4) is 0 Å². The Bertz CT molecular complexity index is 679. The molecule has 0 saturated carbocycles. The van der Waals surface area contributed by atoms with E-state index in [1.54, 1.807) is 11.8 Å². The number of benzene rings is 1. The number of carbonyl (C=O) groups excluding carboxylic acids is 1. The van der Waals surface area contributed by atoms with E-state index in [1.165, 1.54) is 16.9 Å². The Morgan fingerprint density at radius 1 is 1.42 bits per heavy atom. The molecule has 0 spiro atoms. The SMILES string of the molecule is CCCSc1nnc(NC(=O)CCCOc2ccc(C)cc2Br)s1. The Morgan fingerprint density at radius 2 is 2.25 bits per heavy atom. The van der Waals surface area contributed by atoms with Crippen molar-refractivity contribution in [3.05, 3.63) is 28.2 Å². The molecule has 8 heteroatoms. The molecule has 5 nitrogen and oxygen atoms in total. The van der Waals surface area contributed by atoms with Crippen LogP contribution in [0.15, 0.2) is 27.0 Å². The third kappa shape index (κ3) is 6.41. The van der Waals surface area contributed by atoms with Gasteiger partial charge in [0.1, 0.15) is 5.75 Å². The predicted octanol–water partition coefficient (Wildman–Crippen LogP) is 4.91. The first-order chi connectivity index (χ1) is 11.6. The number of amides is 1. The predicted molar refractivity (Wildman–Crippen MR) is 103 cm³/mol. The largest absolute Gasteiger partial charge is 0.492 e. The highest BCUT2D eigenvalue weighted by Gasteiger charge is 2.09. The maximum absolute atomic E-state index is 11.9. The number of carbonyl (C=O) groups is 1. The summed E-state index contributed by atoms with van der Waals surface area (Å²) in [5.41, 5.74) is 1.17. The number of aromatic nitrogens is 2. The van der Waals surface area contributed by atoms with Crippen LogP contribution in [0.1, 0.15) is 31.7 Å². The molecule has 0 saturated heterocycles. The first kappa shape index (κ1) is 19.2. The van der Waals surface area contributed by atoms with Crippen molar-refractivity contribution in [3.63, 3.8) is 0 Å². The lowest BCUT2D eigenvalue weighted by atomic mass is 10.2. The molecule has 2 aromatic rings. The summed E-state index contributed by atoms with van der Waals surface area (Å²) in [6, 6.07) is 5.93. The molecule has 0 fully saturated rings. The monoisotopic (exact) mass is 429 g/mol. The molecule has 1 heterocycles. The molecule has 1 aromatic carbocycles. The second kappa shape index (κ2) is 10.0. The van der Waals surface area contributed by atoms with Gasteiger partial charge in [0.2, 0.25) is 11.0 Å². The zero-order valence-corrected chi connectivity index (χ0v) is 16.9. The maximum Gasteiger partial charge on any atom is 0.226 e. The van der Waals surface area contributed by atoms with Gasteiger partial charge < -0.3 is 10.1 Å². The van der Waals surface area contributed by atoms with E-state index in [0.29, 0.717) is 24.6 Å². The Labute approximate surface area is 158 Å². The molecule has 0 aliphatic carbocycles. The average Bonchev–Trinajstić information content (AvgIpc) is 2.98. The molecule has 1 amide bonds. The van der Waals surface area contributed by atoms with Gasteiger partial charge in [-0.1, -0.05) is 36.1 Å². The van der Waals surface area contributed by atoms with E-state index in [0.717, 1.165) is 26.7 Å². The number of aryl methyl sites for hydroxylation is 1. The van der Waals surface area contributed by atoms with Crippen molar-refractivity contribution < 1.29 is 9.53 Å². The fraction of sp³-hybridized carbons (Fsp3) is 0.438. The Hall–Kier alpha value is -1.12. The number of hydrogen-bond acceptors (Lipinski definition) is 6. The number of hydrogen-bond donors (Lipinski definition) is 1. The van der Waals surface area contributed by atoms with E-state index in [-0.39, 0.29) is 5.91 Å². The quantitative estimate of drug-likeness (QED) is 0.348. The lowest BCUT2D eigenvalue weighted by Gasteiger charge is -2.08. The van der Waals surface area contributed by atoms with Crippen molar-refractivity contribution in [2.45, 2.75) is 37.4 Å². The second-order valence-corrected chi connectivity index (χ2v) is 8.33. The minimum absolute atomic E-state index is 0.0650. The van der Waals surface area contributed by atoms with Crippen molar-refractivity contribution in [1.82, 2.24) is 10.2 Å². The minimum Gasteiger partial charge on any atom is -0.492 e. The molecule has 0 aliphatic heterocycles. The molecular formula is C16H20BrN3O2S2. The number of nitrogens with zero attached hydrogens (tertiary/aromatic N) is 2. The van der Waals surface area contributed by atoms with Crippen molar-refractivity contribution >= 4 is 50.1 Å². The summed E-state index contributed by atoms with van der Waals surface area (Å²) in [6.07, 6.45) is 2.12. The third-order valence-electron chi connectivity index (χ3n) is 2.98. The number of nitrogens with one attached hydrogen (secondary N) is 1. The lowest BCUT2D eigenvalue weighted by Crippen LogP contribution is -2.12. The molecule has 0 aliphatic rings. The number of rotatable bonds is 9. The fourth-order valence-electron chi connectivity index (χ4n) is 1.83. The summed E-state index contributed by atoms with van der Waals surface area (Å²) < 4.78 is 7.50. The molecule has 0 bridgehead atoms. The summed E-state index contributed by atoms with van der Waals surface area (Å²) in [5, 5.41) is 11.4. The molecule has 1 N–H and O–H groups in total. The fourth-order valence-corrected chi connectivity index (χ4v) is 4.13. The molecule has 1 aromatic heterocycles. The van der Waals surface area contributed by atoms with Crippen molar-refractivity contribution in [2.75, 3.05) is 17.7 Å². The van der Waals surface area contributed by atoms with Gasteiger partial charge in [-0.25, -0.2) is 0 Å². The van der Waals surface area contributed by atoms with Gasteiger partial charge in [-0.2, -0.15) is 0 Å². The Balaban J connectivity index is 1.68. The lowest BCUT2D eigenvalue weighted by molar-refractivity contribution is -0.116. The van der Waals surface area contributed by atoms with E-state index < -0.39 is 0 Å². The van der Waals surface area contributed by atoms with E-state index in [2.05, 4.69) is 38.4 Å².